The van der Waals surface area contributed by atoms with Crippen molar-refractivity contribution in [2.24, 2.45) is 5.92 Å². The Labute approximate surface area is 94.9 Å². The van der Waals surface area contributed by atoms with Gasteiger partial charge in [-0.1, -0.05) is 0 Å². The molecule has 16 heavy (non-hydrogen) atoms. The minimum absolute atomic E-state index is 0.0246. The Kier molecular flexibility index (Phi) is 2.76. The Bertz CT molecular complexity index is 416. The largest absolute Gasteiger partial charge is 0.466 e. The number of nitrogens with zero attached hydrogens (tertiary/aromatic N) is 1. The van der Waals surface area contributed by atoms with E-state index in [-0.39, 0.29) is 18.4 Å². The molecule has 0 aliphatic carbocycles. The van der Waals surface area contributed by atoms with Crippen LogP contribution < -0.4 is 0 Å². The van der Waals surface area contributed by atoms with E-state index in [0.29, 0.717) is 24.4 Å². The number of hydrogen-bond donors (Lipinski definition) is 1. The number of amides is 1. The smallest absolute Gasteiger partial charge is 0.257 e. The highest BCUT2D eigenvalue weighted by Gasteiger charge is 2.33. The summed E-state index contributed by atoms with van der Waals surface area (Å²) in [7, 11) is 0. The van der Waals surface area contributed by atoms with Crippen molar-refractivity contribution < 1.29 is 14.3 Å². The fourth-order valence-corrected chi connectivity index (χ4v) is 2.12. The zero-order valence-corrected chi connectivity index (χ0v) is 9.91. The van der Waals surface area contributed by atoms with Crippen LogP contribution in [0.1, 0.15) is 27.4 Å². The summed E-state index contributed by atoms with van der Waals surface area (Å²) in [5, 5.41) is 8.91. The first-order chi connectivity index (χ1) is 7.54. The van der Waals surface area contributed by atoms with E-state index in [9.17, 15) is 4.79 Å². The molecule has 1 amide bonds. The van der Waals surface area contributed by atoms with Crippen molar-refractivity contribution in [1.82, 2.24) is 4.90 Å². The number of likely N-dealkylation sites (tertiary alicyclic amines) is 1. The van der Waals surface area contributed by atoms with Gasteiger partial charge < -0.3 is 14.4 Å². The standard InChI is InChI=1S/C12H17NO3/c1-7-8(2)16-9(3)11(7)12(15)13-4-10(5-13)6-14/h10,14H,4-6H2,1-3H3. The third kappa shape index (κ3) is 1.63. The van der Waals surface area contributed by atoms with Gasteiger partial charge in [0, 0.05) is 31.2 Å². The van der Waals surface area contributed by atoms with Crippen molar-refractivity contribution in [2.45, 2.75) is 20.8 Å². The Morgan fingerprint density at radius 3 is 2.44 bits per heavy atom. The van der Waals surface area contributed by atoms with Crippen molar-refractivity contribution in [1.29, 1.82) is 0 Å². The summed E-state index contributed by atoms with van der Waals surface area (Å²) in [4.78, 5) is 13.9. The van der Waals surface area contributed by atoms with Gasteiger partial charge in [0.2, 0.25) is 0 Å². The van der Waals surface area contributed by atoms with E-state index in [0.717, 1.165) is 11.3 Å². The highest BCUT2D eigenvalue weighted by atomic mass is 16.3. The second kappa shape index (κ2) is 3.94. The van der Waals surface area contributed by atoms with E-state index < -0.39 is 0 Å². The first kappa shape index (κ1) is 11.2. The minimum Gasteiger partial charge on any atom is -0.466 e. The van der Waals surface area contributed by atoms with Crippen LogP contribution in [0.2, 0.25) is 0 Å². The lowest BCUT2D eigenvalue weighted by molar-refractivity contribution is 0.0360. The van der Waals surface area contributed by atoms with Crippen LogP contribution >= 0.6 is 0 Å². The van der Waals surface area contributed by atoms with Gasteiger partial charge in [0.05, 0.1) is 5.56 Å². The summed E-state index contributed by atoms with van der Waals surface area (Å²) >= 11 is 0. The van der Waals surface area contributed by atoms with E-state index in [1.54, 1.807) is 4.90 Å². The fraction of sp³-hybridized carbons (Fsp3) is 0.583. The topological polar surface area (TPSA) is 53.7 Å². The van der Waals surface area contributed by atoms with Crippen molar-refractivity contribution in [3.8, 4) is 0 Å². The molecule has 1 aromatic rings. The van der Waals surface area contributed by atoms with Crippen LogP contribution in [0, 0.1) is 26.7 Å². The highest BCUT2D eigenvalue weighted by molar-refractivity contribution is 5.97. The van der Waals surface area contributed by atoms with Gasteiger partial charge in [0.15, 0.2) is 0 Å². The lowest BCUT2D eigenvalue weighted by Gasteiger charge is -2.38. The Hall–Kier alpha value is -1.29. The summed E-state index contributed by atoms with van der Waals surface area (Å²) in [6.07, 6.45) is 0. The molecule has 0 saturated carbocycles. The van der Waals surface area contributed by atoms with Crippen LogP contribution in [0.15, 0.2) is 4.42 Å². The van der Waals surface area contributed by atoms with Gasteiger partial charge in [-0.3, -0.25) is 4.79 Å². The number of aryl methyl sites for hydroxylation is 2. The summed E-state index contributed by atoms with van der Waals surface area (Å²) in [5.41, 5.74) is 1.61. The van der Waals surface area contributed by atoms with Gasteiger partial charge in [-0.2, -0.15) is 0 Å². The number of furan rings is 1. The molecule has 88 valence electrons. The molecule has 2 rings (SSSR count). The van der Waals surface area contributed by atoms with Crippen molar-refractivity contribution in [3.05, 3.63) is 22.6 Å². The molecule has 1 aromatic heterocycles. The summed E-state index contributed by atoms with van der Waals surface area (Å²) in [5.74, 6) is 1.77. The fourth-order valence-electron chi connectivity index (χ4n) is 2.12. The molecule has 0 unspecified atom stereocenters. The molecule has 4 heteroatoms. The molecule has 4 nitrogen and oxygen atoms in total. The van der Waals surface area contributed by atoms with Gasteiger partial charge >= 0.3 is 0 Å². The first-order valence-electron chi connectivity index (χ1n) is 5.51. The molecule has 1 N–H and O–H groups in total. The quantitative estimate of drug-likeness (QED) is 0.821. The van der Waals surface area contributed by atoms with Crippen LogP contribution in [0.25, 0.3) is 0 Å². The zero-order valence-electron chi connectivity index (χ0n) is 9.91. The molecule has 2 heterocycles. The van der Waals surface area contributed by atoms with E-state index in [2.05, 4.69) is 0 Å². The van der Waals surface area contributed by atoms with Crippen molar-refractivity contribution in [3.63, 3.8) is 0 Å². The minimum atomic E-state index is 0.0246. The van der Waals surface area contributed by atoms with Crippen LogP contribution in [-0.4, -0.2) is 35.6 Å². The molecular weight excluding hydrogens is 206 g/mol. The second-order valence-electron chi connectivity index (χ2n) is 4.47. The van der Waals surface area contributed by atoms with Crippen molar-refractivity contribution in [2.75, 3.05) is 19.7 Å². The molecule has 1 aliphatic heterocycles. The van der Waals surface area contributed by atoms with Crippen LogP contribution in [0.4, 0.5) is 0 Å². The lowest BCUT2D eigenvalue weighted by Crippen LogP contribution is -2.51. The SMILES string of the molecule is Cc1oc(C)c(C(=O)N2CC(CO)C2)c1C. The molecule has 0 bridgehead atoms. The van der Waals surface area contributed by atoms with Crippen LogP contribution in [0.3, 0.4) is 0 Å². The Morgan fingerprint density at radius 2 is 2.00 bits per heavy atom. The van der Waals surface area contributed by atoms with Gasteiger partial charge in [-0.05, 0) is 20.8 Å². The molecule has 1 saturated heterocycles. The van der Waals surface area contributed by atoms with Gasteiger partial charge in [0.1, 0.15) is 11.5 Å². The van der Waals surface area contributed by atoms with E-state index in [1.165, 1.54) is 0 Å². The summed E-state index contributed by atoms with van der Waals surface area (Å²) in [6, 6.07) is 0. The van der Waals surface area contributed by atoms with Gasteiger partial charge in [-0.15, -0.1) is 0 Å². The van der Waals surface area contributed by atoms with Gasteiger partial charge in [0.25, 0.3) is 5.91 Å². The predicted molar refractivity (Wildman–Crippen MR) is 59.4 cm³/mol. The highest BCUT2D eigenvalue weighted by Crippen LogP contribution is 2.25. The first-order valence-corrected chi connectivity index (χ1v) is 5.51. The number of carbonyl (C=O) groups excluding carboxylic acids is 1. The van der Waals surface area contributed by atoms with Gasteiger partial charge in [-0.25, -0.2) is 0 Å². The third-order valence-corrected chi connectivity index (χ3v) is 3.28. The van der Waals surface area contributed by atoms with Crippen molar-refractivity contribution >= 4 is 5.91 Å². The average Bonchev–Trinajstić information content (AvgIpc) is 2.39. The third-order valence-electron chi connectivity index (χ3n) is 3.28. The summed E-state index contributed by atoms with van der Waals surface area (Å²) < 4.78 is 5.44. The lowest BCUT2D eigenvalue weighted by atomic mass is 9.99. The molecule has 0 atom stereocenters. The van der Waals surface area contributed by atoms with Crippen LogP contribution in [0.5, 0.6) is 0 Å². The van der Waals surface area contributed by atoms with Crippen LogP contribution in [-0.2, 0) is 0 Å². The Balaban J connectivity index is 2.16. The maximum atomic E-state index is 12.1. The predicted octanol–water partition coefficient (Wildman–Crippen LogP) is 1.27. The maximum Gasteiger partial charge on any atom is 0.257 e. The molecule has 0 aromatic carbocycles. The monoisotopic (exact) mass is 223 g/mol. The normalized spacial score (nSPS) is 16.4. The zero-order chi connectivity index (χ0) is 11.9. The number of aliphatic hydroxyl groups excluding tert-OH is 1. The Morgan fingerprint density at radius 1 is 1.38 bits per heavy atom. The molecular formula is C12H17NO3. The van der Waals surface area contributed by atoms with E-state index in [4.69, 9.17) is 9.52 Å². The average molecular weight is 223 g/mol. The second-order valence-corrected chi connectivity index (χ2v) is 4.47. The maximum absolute atomic E-state index is 12.1. The molecule has 1 fully saturated rings. The summed E-state index contributed by atoms with van der Waals surface area (Å²) in [6.45, 7) is 7.05. The molecule has 0 spiro atoms. The molecule has 0 radical (unpaired) electrons. The number of carbonyl (C=O) groups is 1. The number of rotatable bonds is 2. The van der Waals surface area contributed by atoms with E-state index >= 15 is 0 Å². The molecule has 1 aliphatic rings. The number of aliphatic hydroxyl groups is 1. The van der Waals surface area contributed by atoms with E-state index in [1.807, 2.05) is 20.8 Å². The number of hydrogen-bond acceptors (Lipinski definition) is 3.